The van der Waals surface area contributed by atoms with Crippen LogP contribution in [-0.2, 0) is 0 Å². The first kappa shape index (κ1) is 29.6. The summed E-state index contributed by atoms with van der Waals surface area (Å²) in [6.07, 6.45) is 0. The Morgan fingerprint density at radius 2 is 0.868 bits per heavy atom. The molecule has 53 heavy (non-hydrogen) atoms. The number of anilines is 3. The molecule has 9 aromatic carbocycles. The van der Waals surface area contributed by atoms with Crippen LogP contribution in [0.15, 0.2) is 197 Å². The molecule has 0 N–H and O–H groups in total. The molecule has 3 nitrogen and oxygen atoms in total. The van der Waals surface area contributed by atoms with E-state index in [1.54, 1.807) is 0 Å². The van der Waals surface area contributed by atoms with Gasteiger partial charge in [0.2, 0.25) is 0 Å². The third-order valence-electron chi connectivity index (χ3n) is 10.6. The number of benzene rings is 9. The van der Waals surface area contributed by atoms with Gasteiger partial charge in [-0.15, -0.1) is 0 Å². The second-order valence-electron chi connectivity index (χ2n) is 13.7. The standard InChI is InChI=1S/C50H31NO2/c1-2-9-32(10-3-1)36-23-28-49-45(30-36)42-14-8-15-46(50(42)53-49)51(39-26-21-35-18-17-34-11-4-5-12-40(34)43(35)31-39)38-24-19-33(20-25-38)37-22-27-48-44(29-37)41-13-6-7-16-47(41)52-48/h1-31H. The Hall–Kier alpha value is -7.10. The molecule has 248 valence electrons. The average Bonchev–Trinajstić information content (AvgIpc) is 3.80. The summed E-state index contributed by atoms with van der Waals surface area (Å²) in [5.74, 6) is 0. The first-order chi connectivity index (χ1) is 26.2. The molecule has 11 aromatic rings. The zero-order valence-electron chi connectivity index (χ0n) is 28.7. The van der Waals surface area contributed by atoms with Gasteiger partial charge in [-0.05, 0) is 104 Å². The van der Waals surface area contributed by atoms with Crippen LogP contribution in [0.1, 0.15) is 0 Å². The van der Waals surface area contributed by atoms with Crippen molar-refractivity contribution in [3.63, 3.8) is 0 Å². The number of fused-ring (bicyclic) bond motifs is 9. The molecule has 0 atom stereocenters. The summed E-state index contributed by atoms with van der Waals surface area (Å²) in [6.45, 7) is 0. The molecular weight excluding hydrogens is 647 g/mol. The van der Waals surface area contributed by atoms with E-state index in [4.69, 9.17) is 8.83 Å². The van der Waals surface area contributed by atoms with Gasteiger partial charge in [0.25, 0.3) is 0 Å². The Balaban J connectivity index is 1.09. The van der Waals surface area contributed by atoms with Gasteiger partial charge in [-0.3, -0.25) is 0 Å². The maximum atomic E-state index is 6.77. The highest BCUT2D eigenvalue weighted by molar-refractivity contribution is 6.13. The topological polar surface area (TPSA) is 29.5 Å². The highest BCUT2D eigenvalue weighted by atomic mass is 16.3. The van der Waals surface area contributed by atoms with E-state index in [2.05, 4.69) is 181 Å². The molecule has 0 aliphatic carbocycles. The van der Waals surface area contributed by atoms with Crippen LogP contribution in [0.3, 0.4) is 0 Å². The number of rotatable bonds is 5. The van der Waals surface area contributed by atoms with Gasteiger partial charge in [-0.2, -0.15) is 0 Å². The Morgan fingerprint density at radius 1 is 0.302 bits per heavy atom. The summed E-state index contributed by atoms with van der Waals surface area (Å²) in [7, 11) is 0. The molecule has 3 heteroatoms. The van der Waals surface area contributed by atoms with Crippen molar-refractivity contribution >= 4 is 82.5 Å². The molecule has 0 saturated carbocycles. The first-order valence-corrected chi connectivity index (χ1v) is 18.0. The lowest BCUT2D eigenvalue weighted by atomic mass is 10.00. The van der Waals surface area contributed by atoms with Crippen molar-refractivity contribution in [2.24, 2.45) is 0 Å². The molecule has 0 bridgehead atoms. The summed E-state index contributed by atoms with van der Waals surface area (Å²) in [5.41, 5.74) is 11.3. The number of hydrogen-bond acceptors (Lipinski definition) is 3. The van der Waals surface area contributed by atoms with Crippen molar-refractivity contribution in [3.8, 4) is 22.3 Å². The van der Waals surface area contributed by atoms with Crippen LogP contribution in [0.25, 0.3) is 87.7 Å². The second kappa shape index (κ2) is 11.7. The van der Waals surface area contributed by atoms with Gasteiger partial charge in [-0.25, -0.2) is 0 Å². The fraction of sp³-hybridized carbons (Fsp3) is 0. The predicted molar refractivity (Wildman–Crippen MR) is 222 cm³/mol. The molecule has 0 spiro atoms. The third kappa shape index (κ3) is 4.82. The molecule has 0 radical (unpaired) electrons. The lowest BCUT2D eigenvalue weighted by Gasteiger charge is -2.26. The monoisotopic (exact) mass is 677 g/mol. The molecule has 0 aliphatic rings. The predicted octanol–water partition coefficient (Wildman–Crippen LogP) is 14.6. The Bertz CT molecular complexity index is 3170. The number of para-hydroxylation sites is 2. The zero-order valence-corrected chi connectivity index (χ0v) is 28.7. The van der Waals surface area contributed by atoms with E-state index in [1.807, 2.05) is 12.1 Å². The molecule has 0 unspecified atom stereocenters. The number of furan rings is 2. The van der Waals surface area contributed by atoms with Crippen molar-refractivity contribution in [2.75, 3.05) is 4.90 Å². The lowest BCUT2D eigenvalue weighted by molar-refractivity contribution is 0.668. The minimum Gasteiger partial charge on any atom is -0.456 e. The maximum absolute atomic E-state index is 6.77. The van der Waals surface area contributed by atoms with Crippen LogP contribution >= 0.6 is 0 Å². The smallest absolute Gasteiger partial charge is 0.159 e. The van der Waals surface area contributed by atoms with E-state index in [0.29, 0.717) is 0 Å². The average molecular weight is 678 g/mol. The number of hydrogen-bond donors (Lipinski definition) is 0. The summed E-state index contributed by atoms with van der Waals surface area (Å²) in [6, 6.07) is 66.9. The molecule has 0 saturated heterocycles. The molecule has 0 amide bonds. The minimum absolute atomic E-state index is 0.854. The third-order valence-corrected chi connectivity index (χ3v) is 10.6. The van der Waals surface area contributed by atoms with E-state index in [9.17, 15) is 0 Å². The van der Waals surface area contributed by atoms with Gasteiger partial charge in [0.15, 0.2) is 5.58 Å². The van der Waals surface area contributed by atoms with Crippen molar-refractivity contribution in [1.29, 1.82) is 0 Å². The highest BCUT2D eigenvalue weighted by Crippen LogP contribution is 2.44. The van der Waals surface area contributed by atoms with Crippen LogP contribution < -0.4 is 4.90 Å². The lowest BCUT2D eigenvalue weighted by Crippen LogP contribution is -2.10. The Kier molecular flexibility index (Phi) is 6.55. The summed E-state index contributed by atoms with van der Waals surface area (Å²) >= 11 is 0. The largest absolute Gasteiger partial charge is 0.456 e. The fourth-order valence-corrected chi connectivity index (χ4v) is 8.03. The van der Waals surface area contributed by atoms with Gasteiger partial charge in [0.1, 0.15) is 16.7 Å². The van der Waals surface area contributed by atoms with Crippen LogP contribution in [0.5, 0.6) is 0 Å². The summed E-state index contributed by atoms with van der Waals surface area (Å²) < 4.78 is 12.9. The SMILES string of the molecule is c1ccc(-c2ccc3oc4c(N(c5ccc(-c6ccc7oc8ccccc8c7c6)cc5)c5ccc6ccc7ccccc7c6c5)cccc4c3c2)cc1. The maximum Gasteiger partial charge on any atom is 0.159 e. The highest BCUT2D eigenvalue weighted by Gasteiger charge is 2.21. The van der Waals surface area contributed by atoms with E-state index in [-0.39, 0.29) is 0 Å². The van der Waals surface area contributed by atoms with Crippen molar-refractivity contribution in [2.45, 2.75) is 0 Å². The van der Waals surface area contributed by atoms with Gasteiger partial charge in [0.05, 0.1) is 5.69 Å². The molecule has 2 aromatic heterocycles. The second-order valence-corrected chi connectivity index (χ2v) is 13.7. The van der Waals surface area contributed by atoms with Gasteiger partial charge < -0.3 is 13.7 Å². The molecular formula is C50H31NO2. The molecule has 0 aliphatic heterocycles. The zero-order chi connectivity index (χ0) is 34.9. The fourth-order valence-electron chi connectivity index (χ4n) is 8.03. The number of nitrogens with zero attached hydrogens (tertiary/aromatic N) is 1. The van der Waals surface area contributed by atoms with Crippen molar-refractivity contribution < 1.29 is 8.83 Å². The van der Waals surface area contributed by atoms with Gasteiger partial charge in [-0.1, -0.05) is 127 Å². The normalized spacial score (nSPS) is 11.8. The Labute approximate surface area is 305 Å². The van der Waals surface area contributed by atoms with Crippen LogP contribution in [0.2, 0.25) is 0 Å². The Morgan fingerprint density at radius 3 is 1.68 bits per heavy atom. The quantitative estimate of drug-likeness (QED) is 0.170. The minimum atomic E-state index is 0.854. The summed E-state index contributed by atoms with van der Waals surface area (Å²) in [4.78, 5) is 2.33. The van der Waals surface area contributed by atoms with E-state index in [1.165, 1.54) is 32.7 Å². The van der Waals surface area contributed by atoms with E-state index < -0.39 is 0 Å². The van der Waals surface area contributed by atoms with E-state index >= 15 is 0 Å². The van der Waals surface area contributed by atoms with E-state index in [0.717, 1.165) is 72.1 Å². The van der Waals surface area contributed by atoms with Crippen molar-refractivity contribution in [1.82, 2.24) is 0 Å². The van der Waals surface area contributed by atoms with Crippen molar-refractivity contribution in [3.05, 3.63) is 188 Å². The van der Waals surface area contributed by atoms with Crippen LogP contribution in [-0.4, -0.2) is 0 Å². The van der Waals surface area contributed by atoms with Gasteiger partial charge >= 0.3 is 0 Å². The molecule has 11 rings (SSSR count). The van der Waals surface area contributed by atoms with Crippen LogP contribution in [0.4, 0.5) is 17.1 Å². The first-order valence-electron chi connectivity index (χ1n) is 18.0. The van der Waals surface area contributed by atoms with Gasteiger partial charge in [0, 0.05) is 32.9 Å². The summed E-state index contributed by atoms with van der Waals surface area (Å²) in [5, 5.41) is 9.33. The molecule has 0 fully saturated rings. The molecule has 2 heterocycles. The van der Waals surface area contributed by atoms with Crippen LogP contribution in [0, 0.1) is 0 Å².